The third kappa shape index (κ3) is 3.02. The molecule has 0 radical (unpaired) electrons. The van der Waals surface area contributed by atoms with Crippen molar-refractivity contribution in [2.45, 2.75) is 33.6 Å². The molecule has 0 atom stereocenters. The SMILES string of the molecule is Cc1cccc(C)c1NC(=O)c1ccc(C(C)C)nn1. The van der Waals surface area contributed by atoms with Crippen LogP contribution in [0.4, 0.5) is 5.69 Å². The lowest BCUT2D eigenvalue weighted by atomic mass is 10.1. The van der Waals surface area contributed by atoms with Gasteiger partial charge < -0.3 is 5.32 Å². The van der Waals surface area contributed by atoms with Crippen molar-refractivity contribution >= 4 is 11.6 Å². The van der Waals surface area contributed by atoms with E-state index in [2.05, 4.69) is 15.5 Å². The topological polar surface area (TPSA) is 54.9 Å². The Morgan fingerprint density at radius 3 is 2.20 bits per heavy atom. The molecule has 0 saturated heterocycles. The molecule has 4 nitrogen and oxygen atoms in total. The van der Waals surface area contributed by atoms with E-state index in [1.54, 1.807) is 6.07 Å². The Morgan fingerprint density at radius 2 is 1.70 bits per heavy atom. The highest BCUT2D eigenvalue weighted by molar-refractivity contribution is 6.03. The van der Waals surface area contributed by atoms with Crippen LogP contribution in [0.2, 0.25) is 0 Å². The molecule has 0 aliphatic rings. The summed E-state index contributed by atoms with van der Waals surface area (Å²) >= 11 is 0. The predicted octanol–water partition coefficient (Wildman–Crippen LogP) is 3.47. The van der Waals surface area contributed by atoms with Gasteiger partial charge in [-0.05, 0) is 43.0 Å². The molecule has 0 bridgehead atoms. The van der Waals surface area contributed by atoms with Crippen molar-refractivity contribution in [3.05, 3.63) is 52.8 Å². The molecule has 2 aromatic rings. The van der Waals surface area contributed by atoms with Gasteiger partial charge in [0.15, 0.2) is 5.69 Å². The van der Waals surface area contributed by atoms with Crippen molar-refractivity contribution in [3.63, 3.8) is 0 Å². The van der Waals surface area contributed by atoms with Crippen LogP contribution in [0.25, 0.3) is 0 Å². The van der Waals surface area contributed by atoms with Crippen LogP contribution in [-0.2, 0) is 0 Å². The van der Waals surface area contributed by atoms with Gasteiger partial charge in [0.2, 0.25) is 0 Å². The highest BCUT2D eigenvalue weighted by atomic mass is 16.1. The molecule has 0 fully saturated rings. The fraction of sp³-hybridized carbons (Fsp3) is 0.312. The van der Waals surface area contributed by atoms with Crippen molar-refractivity contribution in [1.29, 1.82) is 0 Å². The molecule has 0 aliphatic carbocycles. The molecular formula is C16H19N3O. The van der Waals surface area contributed by atoms with Gasteiger partial charge in [0.25, 0.3) is 5.91 Å². The fourth-order valence-corrected chi connectivity index (χ4v) is 1.96. The van der Waals surface area contributed by atoms with Crippen LogP contribution in [0, 0.1) is 13.8 Å². The van der Waals surface area contributed by atoms with Gasteiger partial charge in [-0.15, -0.1) is 5.10 Å². The fourth-order valence-electron chi connectivity index (χ4n) is 1.96. The first-order valence-electron chi connectivity index (χ1n) is 6.70. The molecule has 20 heavy (non-hydrogen) atoms. The quantitative estimate of drug-likeness (QED) is 0.928. The maximum Gasteiger partial charge on any atom is 0.276 e. The van der Waals surface area contributed by atoms with Crippen LogP contribution in [0.15, 0.2) is 30.3 Å². The Bertz CT molecular complexity index is 598. The maximum atomic E-state index is 12.2. The number of benzene rings is 1. The summed E-state index contributed by atoms with van der Waals surface area (Å²) in [7, 11) is 0. The molecule has 2 rings (SSSR count). The Kier molecular flexibility index (Phi) is 4.13. The van der Waals surface area contributed by atoms with E-state index in [4.69, 9.17) is 0 Å². The molecule has 0 unspecified atom stereocenters. The zero-order valence-electron chi connectivity index (χ0n) is 12.3. The highest BCUT2D eigenvalue weighted by Crippen LogP contribution is 2.20. The first kappa shape index (κ1) is 14.2. The number of nitrogens with one attached hydrogen (secondary N) is 1. The maximum absolute atomic E-state index is 12.2. The number of aromatic nitrogens is 2. The monoisotopic (exact) mass is 269 g/mol. The van der Waals surface area contributed by atoms with Crippen LogP contribution in [-0.4, -0.2) is 16.1 Å². The second kappa shape index (κ2) is 5.82. The molecule has 0 spiro atoms. The van der Waals surface area contributed by atoms with Crippen molar-refractivity contribution < 1.29 is 4.79 Å². The molecule has 0 aliphatic heterocycles. The predicted molar refractivity (Wildman–Crippen MR) is 80.0 cm³/mol. The number of hydrogen-bond acceptors (Lipinski definition) is 3. The van der Waals surface area contributed by atoms with Crippen LogP contribution in [0.5, 0.6) is 0 Å². The standard InChI is InChI=1S/C16H19N3O/c1-10(2)13-8-9-14(19-18-13)16(20)17-15-11(3)6-5-7-12(15)4/h5-10H,1-4H3,(H,17,20). The lowest BCUT2D eigenvalue weighted by Gasteiger charge is -2.11. The highest BCUT2D eigenvalue weighted by Gasteiger charge is 2.12. The average Bonchev–Trinajstić information content (AvgIpc) is 2.43. The summed E-state index contributed by atoms with van der Waals surface area (Å²) in [4.78, 5) is 12.2. The third-order valence-electron chi connectivity index (χ3n) is 3.23. The van der Waals surface area contributed by atoms with E-state index < -0.39 is 0 Å². The number of hydrogen-bond donors (Lipinski definition) is 1. The first-order chi connectivity index (χ1) is 9.49. The van der Waals surface area contributed by atoms with E-state index in [0.717, 1.165) is 22.5 Å². The summed E-state index contributed by atoms with van der Waals surface area (Å²) in [5, 5.41) is 11.0. The summed E-state index contributed by atoms with van der Waals surface area (Å²) in [5.74, 6) is 0.0726. The number of nitrogens with zero attached hydrogens (tertiary/aromatic N) is 2. The van der Waals surface area contributed by atoms with Gasteiger partial charge >= 0.3 is 0 Å². The molecule has 0 saturated carbocycles. The lowest BCUT2D eigenvalue weighted by Crippen LogP contribution is -2.16. The molecule has 1 heterocycles. The van der Waals surface area contributed by atoms with E-state index in [-0.39, 0.29) is 5.91 Å². The smallest absolute Gasteiger partial charge is 0.276 e. The number of aryl methyl sites for hydroxylation is 2. The van der Waals surface area contributed by atoms with Gasteiger partial charge in [-0.3, -0.25) is 4.79 Å². The lowest BCUT2D eigenvalue weighted by molar-refractivity contribution is 0.102. The number of rotatable bonds is 3. The molecule has 1 N–H and O–H groups in total. The average molecular weight is 269 g/mol. The Balaban J connectivity index is 2.20. The summed E-state index contributed by atoms with van der Waals surface area (Å²) in [5.41, 5.74) is 4.12. The molecule has 1 amide bonds. The van der Waals surface area contributed by atoms with Crippen LogP contribution in [0.1, 0.15) is 47.1 Å². The Hall–Kier alpha value is -2.23. The van der Waals surface area contributed by atoms with E-state index in [1.807, 2.05) is 52.0 Å². The Labute approximate surface area is 119 Å². The van der Waals surface area contributed by atoms with Crippen LogP contribution in [0.3, 0.4) is 0 Å². The summed E-state index contributed by atoms with van der Waals surface area (Å²) in [6.45, 7) is 8.02. The second-order valence-corrected chi connectivity index (χ2v) is 5.22. The molecular weight excluding hydrogens is 250 g/mol. The Morgan fingerprint density at radius 1 is 1.05 bits per heavy atom. The minimum absolute atomic E-state index is 0.231. The van der Waals surface area contributed by atoms with Crippen molar-refractivity contribution in [3.8, 4) is 0 Å². The van der Waals surface area contributed by atoms with Gasteiger partial charge in [-0.25, -0.2) is 0 Å². The minimum Gasteiger partial charge on any atom is -0.320 e. The van der Waals surface area contributed by atoms with Gasteiger partial charge in [0.1, 0.15) is 0 Å². The van der Waals surface area contributed by atoms with Gasteiger partial charge in [-0.2, -0.15) is 5.10 Å². The minimum atomic E-state index is -0.231. The number of carbonyl (C=O) groups is 1. The van der Waals surface area contributed by atoms with E-state index in [0.29, 0.717) is 11.6 Å². The van der Waals surface area contributed by atoms with Gasteiger partial charge in [0, 0.05) is 5.69 Å². The number of anilines is 1. The largest absolute Gasteiger partial charge is 0.320 e. The van der Waals surface area contributed by atoms with E-state index in [9.17, 15) is 4.79 Å². The van der Waals surface area contributed by atoms with E-state index in [1.165, 1.54) is 0 Å². The van der Waals surface area contributed by atoms with Gasteiger partial charge in [-0.1, -0.05) is 32.0 Å². The van der Waals surface area contributed by atoms with Crippen molar-refractivity contribution in [2.75, 3.05) is 5.32 Å². The normalized spacial score (nSPS) is 10.7. The number of carbonyl (C=O) groups excluding carboxylic acids is 1. The van der Waals surface area contributed by atoms with E-state index >= 15 is 0 Å². The summed E-state index contributed by atoms with van der Waals surface area (Å²) < 4.78 is 0. The van der Waals surface area contributed by atoms with Gasteiger partial charge in [0.05, 0.1) is 5.69 Å². The molecule has 1 aromatic carbocycles. The zero-order valence-corrected chi connectivity index (χ0v) is 12.3. The molecule has 4 heteroatoms. The van der Waals surface area contributed by atoms with Crippen LogP contribution < -0.4 is 5.32 Å². The summed E-state index contributed by atoms with van der Waals surface area (Å²) in [6, 6.07) is 9.46. The second-order valence-electron chi connectivity index (χ2n) is 5.22. The number of amides is 1. The summed E-state index contributed by atoms with van der Waals surface area (Å²) in [6.07, 6.45) is 0. The molecule has 1 aromatic heterocycles. The third-order valence-corrected chi connectivity index (χ3v) is 3.23. The number of para-hydroxylation sites is 1. The van der Waals surface area contributed by atoms with Crippen molar-refractivity contribution in [2.24, 2.45) is 0 Å². The molecule has 104 valence electrons. The van der Waals surface area contributed by atoms with Crippen molar-refractivity contribution in [1.82, 2.24) is 10.2 Å². The zero-order chi connectivity index (χ0) is 14.7. The van der Waals surface area contributed by atoms with Crippen LogP contribution >= 0.6 is 0 Å². The first-order valence-corrected chi connectivity index (χ1v) is 6.70.